The summed E-state index contributed by atoms with van der Waals surface area (Å²) in [6.45, 7) is 3.71. The standard InChI is InChI=1S/C25H23ClN2O5S/c1-5-33-24(30)21-14(2)27-25-28(22(21)16-7-9-17(26)10-8-16)23(29)20(34-25)13-15-6-11-18(31-3)19(12-15)32-4/h6-13,22H,5H2,1-4H3/b20-13+/t22-/m1/s1. The Bertz CT molecular complexity index is 1450. The summed E-state index contributed by atoms with van der Waals surface area (Å²) in [6, 6.07) is 11.8. The third kappa shape index (κ3) is 4.38. The van der Waals surface area contributed by atoms with Crippen molar-refractivity contribution in [3.05, 3.63) is 89.6 Å². The van der Waals surface area contributed by atoms with Gasteiger partial charge in [0.2, 0.25) is 0 Å². The minimum Gasteiger partial charge on any atom is -0.493 e. The van der Waals surface area contributed by atoms with Crippen LogP contribution in [-0.4, -0.2) is 31.4 Å². The van der Waals surface area contributed by atoms with Crippen molar-refractivity contribution in [2.24, 2.45) is 4.99 Å². The molecule has 34 heavy (non-hydrogen) atoms. The number of rotatable bonds is 6. The number of ether oxygens (including phenoxy) is 3. The zero-order valence-electron chi connectivity index (χ0n) is 19.1. The van der Waals surface area contributed by atoms with Crippen LogP contribution in [0.4, 0.5) is 0 Å². The lowest BCUT2D eigenvalue weighted by atomic mass is 9.96. The Hall–Kier alpha value is -3.36. The van der Waals surface area contributed by atoms with Crippen molar-refractivity contribution in [2.45, 2.75) is 19.9 Å². The number of aromatic nitrogens is 1. The third-order valence-corrected chi connectivity index (χ3v) is 6.64. The van der Waals surface area contributed by atoms with Gasteiger partial charge in [0, 0.05) is 5.02 Å². The molecule has 0 bridgehead atoms. The van der Waals surface area contributed by atoms with Crippen LogP contribution in [0.15, 0.2) is 63.5 Å². The van der Waals surface area contributed by atoms with Gasteiger partial charge >= 0.3 is 5.97 Å². The van der Waals surface area contributed by atoms with Crippen LogP contribution in [-0.2, 0) is 9.53 Å². The second kappa shape index (κ2) is 9.87. The first kappa shape index (κ1) is 23.8. The van der Waals surface area contributed by atoms with Gasteiger partial charge in [-0.1, -0.05) is 41.1 Å². The summed E-state index contributed by atoms with van der Waals surface area (Å²) in [5, 5.41) is 0.558. The second-order valence-corrected chi connectivity index (χ2v) is 8.91. The van der Waals surface area contributed by atoms with Gasteiger partial charge in [0.25, 0.3) is 5.56 Å². The van der Waals surface area contributed by atoms with Gasteiger partial charge in [0.1, 0.15) is 0 Å². The number of esters is 1. The van der Waals surface area contributed by atoms with E-state index in [9.17, 15) is 9.59 Å². The highest BCUT2D eigenvalue weighted by Gasteiger charge is 2.33. The van der Waals surface area contributed by atoms with Crippen molar-refractivity contribution in [1.29, 1.82) is 0 Å². The van der Waals surface area contributed by atoms with Gasteiger partial charge in [-0.2, -0.15) is 0 Å². The highest BCUT2D eigenvalue weighted by Crippen LogP contribution is 2.31. The van der Waals surface area contributed by atoms with Crippen molar-refractivity contribution in [2.75, 3.05) is 20.8 Å². The molecule has 7 nitrogen and oxygen atoms in total. The summed E-state index contributed by atoms with van der Waals surface area (Å²) in [4.78, 5) is 31.6. The fourth-order valence-corrected chi connectivity index (χ4v) is 5.02. The van der Waals surface area contributed by atoms with Crippen LogP contribution in [0.3, 0.4) is 0 Å². The molecule has 1 aliphatic rings. The van der Waals surface area contributed by atoms with Crippen molar-refractivity contribution in [3.8, 4) is 11.5 Å². The lowest BCUT2D eigenvalue weighted by Crippen LogP contribution is -2.39. The van der Waals surface area contributed by atoms with Crippen LogP contribution >= 0.6 is 22.9 Å². The van der Waals surface area contributed by atoms with E-state index >= 15 is 0 Å². The van der Waals surface area contributed by atoms with Crippen molar-refractivity contribution >= 4 is 35.0 Å². The molecule has 2 aromatic carbocycles. The average molecular weight is 499 g/mol. The Morgan fingerprint density at radius 1 is 1.15 bits per heavy atom. The van der Waals surface area contributed by atoms with Crippen LogP contribution in [0, 0.1) is 0 Å². The smallest absolute Gasteiger partial charge is 0.338 e. The van der Waals surface area contributed by atoms with Gasteiger partial charge in [-0.25, -0.2) is 9.79 Å². The first-order valence-electron chi connectivity index (χ1n) is 10.5. The average Bonchev–Trinajstić information content (AvgIpc) is 3.13. The molecule has 0 aliphatic carbocycles. The maximum atomic E-state index is 13.6. The highest BCUT2D eigenvalue weighted by atomic mass is 35.5. The lowest BCUT2D eigenvalue weighted by molar-refractivity contribution is -0.139. The van der Waals surface area contributed by atoms with Gasteiger partial charge in [-0.15, -0.1) is 0 Å². The Morgan fingerprint density at radius 3 is 2.50 bits per heavy atom. The predicted molar refractivity (Wildman–Crippen MR) is 131 cm³/mol. The number of thiazole rings is 1. The van der Waals surface area contributed by atoms with E-state index in [2.05, 4.69) is 4.99 Å². The zero-order valence-corrected chi connectivity index (χ0v) is 20.7. The number of allylic oxidation sites excluding steroid dienone is 1. The summed E-state index contributed by atoms with van der Waals surface area (Å²) in [5.74, 6) is 0.653. The summed E-state index contributed by atoms with van der Waals surface area (Å²) in [5.41, 5.74) is 2.09. The minimum atomic E-state index is -0.680. The van der Waals surface area contributed by atoms with Crippen molar-refractivity contribution in [3.63, 3.8) is 0 Å². The normalized spacial score (nSPS) is 15.6. The SMILES string of the molecule is CCOC(=O)C1=C(C)N=c2s/c(=C/c3ccc(OC)c(OC)c3)c(=O)n2[C@@H]1c1ccc(Cl)cc1. The van der Waals surface area contributed by atoms with E-state index < -0.39 is 12.0 Å². The molecule has 0 radical (unpaired) electrons. The number of halogens is 1. The third-order valence-electron chi connectivity index (χ3n) is 5.41. The van der Waals surface area contributed by atoms with E-state index in [1.54, 1.807) is 75.1 Å². The molecule has 0 N–H and O–H groups in total. The molecule has 0 spiro atoms. The second-order valence-electron chi connectivity index (χ2n) is 7.47. The molecule has 176 valence electrons. The maximum absolute atomic E-state index is 13.6. The molecule has 3 aromatic rings. The van der Waals surface area contributed by atoms with Crippen molar-refractivity contribution < 1.29 is 19.0 Å². The maximum Gasteiger partial charge on any atom is 0.338 e. The molecule has 4 rings (SSSR count). The van der Waals surface area contributed by atoms with E-state index in [0.29, 0.717) is 37.1 Å². The number of nitrogens with zero attached hydrogens (tertiary/aromatic N) is 2. The number of hydrogen-bond donors (Lipinski definition) is 0. The number of carbonyl (C=O) groups excluding carboxylic acids is 1. The Kier molecular flexibility index (Phi) is 6.90. The molecule has 0 saturated heterocycles. The Labute approximate surface area is 205 Å². The Balaban J connectivity index is 1.92. The number of fused-ring (bicyclic) bond motifs is 1. The largest absolute Gasteiger partial charge is 0.493 e. The van der Waals surface area contributed by atoms with E-state index in [1.165, 1.54) is 11.3 Å². The molecule has 0 saturated carbocycles. The number of hydrogen-bond acceptors (Lipinski definition) is 7. The van der Waals surface area contributed by atoms with Crippen LogP contribution in [0.2, 0.25) is 5.02 Å². The van der Waals surface area contributed by atoms with Gasteiger partial charge in [-0.3, -0.25) is 9.36 Å². The molecule has 1 aromatic heterocycles. The van der Waals surface area contributed by atoms with Gasteiger partial charge in [0.15, 0.2) is 16.3 Å². The summed E-state index contributed by atoms with van der Waals surface area (Å²) in [7, 11) is 3.12. The molecule has 9 heteroatoms. The van der Waals surface area contributed by atoms with Gasteiger partial charge in [-0.05, 0) is 55.3 Å². The van der Waals surface area contributed by atoms with E-state index in [4.69, 9.17) is 25.8 Å². The van der Waals surface area contributed by atoms with E-state index in [0.717, 1.165) is 11.1 Å². The monoisotopic (exact) mass is 498 g/mol. The summed E-state index contributed by atoms with van der Waals surface area (Å²) >= 11 is 7.34. The minimum absolute atomic E-state index is 0.215. The summed E-state index contributed by atoms with van der Waals surface area (Å²) < 4.78 is 18.0. The summed E-state index contributed by atoms with van der Waals surface area (Å²) in [6.07, 6.45) is 1.77. The molecular weight excluding hydrogens is 476 g/mol. The molecule has 1 aliphatic heterocycles. The van der Waals surface area contributed by atoms with Gasteiger partial charge in [0.05, 0.1) is 42.7 Å². The number of benzene rings is 2. The first-order chi connectivity index (χ1) is 16.4. The topological polar surface area (TPSA) is 79.1 Å². The fourth-order valence-electron chi connectivity index (χ4n) is 3.85. The van der Waals surface area contributed by atoms with E-state index in [-0.39, 0.29) is 12.2 Å². The lowest BCUT2D eigenvalue weighted by Gasteiger charge is -2.24. The molecule has 0 unspecified atom stereocenters. The molecule has 2 heterocycles. The molecule has 0 amide bonds. The van der Waals surface area contributed by atoms with Crippen LogP contribution < -0.4 is 24.4 Å². The first-order valence-corrected chi connectivity index (χ1v) is 11.7. The van der Waals surface area contributed by atoms with Crippen LogP contribution in [0.25, 0.3) is 6.08 Å². The highest BCUT2D eigenvalue weighted by molar-refractivity contribution is 7.07. The van der Waals surface area contributed by atoms with Crippen molar-refractivity contribution in [1.82, 2.24) is 4.57 Å². The zero-order chi connectivity index (χ0) is 24.4. The van der Waals surface area contributed by atoms with E-state index in [1.807, 2.05) is 6.07 Å². The molecule has 0 fully saturated rings. The number of carbonyl (C=O) groups is 1. The van der Waals surface area contributed by atoms with Gasteiger partial charge < -0.3 is 14.2 Å². The fraction of sp³-hybridized carbons (Fsp3) is 0.240. The van der Waals surface area contributed by atoms with Crippen LogP contribution in [0.1, 0.15) is 31.0 Å². The Morgan fingerprint density at radius 2 is 1.85 bits per heavy atom. The number of methoxy groups -OCH3 is 2. The predicted octanol–water partition coefficient (Wildman–Crippen LogP) is 3.47. The van der Waals surface area contributed by atoms with Crippen LogP contribution in [0.5, 0.6) is 11.5 Å². The molecule has 1 atom stereocenters. The quantitative estimate of drug-likeness (QED) is 0.486. The molecular formula is C25H23ClN2O5S.